The van der Waals surface area contributed by atoms with Gasteiger partial charge in [-0.25, -0.2) is 9.78 Å². The maximum atomic E-state index is 10.8. The fourth-order valence-electron chi connectivity index (χ4n) is 2.15. The third-order valence-electron chi connectivity index (χ3n) is 3.31. The summed E-state index contributed by atoms with van der Waals surface area (Å²) in [6.45, 7) is 0.0659. The Labute approximate surface area is 142 Å². The van der Waals surface area contributed by atoms with Gasteiger partial charge in [0.25, 0.3) is 5.91 Å². The van der Waals surface area contributed by atoms with E-state index in [1.807, 2.05) is 6.07 Å². The van der Waals surface area contributed by atoms with Crippen molar-refractivity contribution in [2.24, 2.45) is 0 Å². The highest BCUT2D eigenvalue weighted by Gasteiger charge is 2.14. The number of nitrogen functional groups attached to an aromatic ring is 1. The van der Waals surface area contributed by atoms with Crippen LogP contribution >= 0.6 is 0 Å². The molecule has 3 aromatic rings. The molecule has 4 N–H and O–H groups in total. The number of carboxylic acid groups (broad SMARTS) is 1. The van der Waals surface area contributed by atoms with Crippen molar-refractivity contribution in [3.05, 3.63) is 54.4 Å². The zero-order valence-electron chi connectivity index (χ0n) is 13.0. The summed E-state index contributed by atoms with van der Waals surface area (Å²) < 4.78 is 5.12. The number of fused-ring (bicyclic) bond motifs is 2. The summed E-state index contributed by atoms with van der Waals surface area (Å²) in [4.78, 5) is 29.3. The first kappa shape index (κ1) is 16.2. The molecule has 8 nitrogen and oxygen atoms in total. The second kappa shape index (κ2) is 6.83. The zero-order chi connectivity index (χ0) is 17.8. The number of para-hydroxylation sites is 2. The fraction of sp³-hybridized carbons (Fsp3) is 0.0588. The second-order valence-electron chi connectivity index (χ2n) is 5.14. The van der Waals surface area contributed by atoms with E-state index in [-0.39, 0.29) is 18.2 Å². The fourth-order valence-corrected chi connectivity index (χ4v) is 2.15. The van der Waals surface area contributed by atoms with Crippen LogP contribution in [0.3, 0.4) is 0 Å². The molecule has 0 aliphatic carbocycles. The Bertz CT molecular complexity index is 958. The van der Waals surface area contributed by atoms with Crippen molar-refractivity contribution >= 4 is 34.3 Å². The lowest BCUT2D eigenvalue weighted by molar-refractivity contribution is -0.118. The van der Waals surface area contributed by atoms with Crippen LogP contribution in [-0.2, 0) is 4.79 Å². The van der Waals surface area contributed by atoms with E-state index in [0.717, 1.165) is 0 Å². The van der Waals surface area contributed by atoms with Gasteiger partial charge in [-0.3, -0.25) is 9.78 Å². The SMILES string of the molecule is Nc1ccc2c(c1)OCC(=O)N2.O=C(O)c1cnc2ccccc2n1. The van der Waals surface area contributed by atoms with Gasteiger partial charge in [-0.1, -0.05) is 12.1 Å². The molecule has 2 heterocycles. The lowest BCUT2D eigenvalue weighted by Crippen LogP contribution is -2.25. The van der Waals surface area contributed by atoms with Gasteiger partial charge in [0.15, 0.2) is 12.3 Å². The Balaban J connectivity index is 0.000000146. The van der Waals surface area contributed by atoms with Gasteiger partial charge in [-0.15, -0.1) is 0 Å². The largest absolute Gasteiger partial charge is 0.482 e. The van der Waals surface area contributed by atoms with E-state index in [4.69, 9.17) is 15.6 Å². The molecular formula is C17H14N4O4. The van der Waals surface area contributed by atoms with E-state index in [1.165, 1.54) is 6.20 Å². The molecule has 0 bridgehead atoms. The van der Waals surface area contributed by atoms with Gasteiger partial charge >= 0.3 is 5.97 Å². The number of rotatable bonds is 1. The van der Waals surface area contributed by atoms with Crippen LogP contribution in [-0.4, -0.2) is 33.6 Å². The molecule has 0 fully saturated rings. The Kier molecular flexibility index (Phi) is 4.42. The lowest BCUT2D eigenvalue weighted by atomic mass is 10.2. The number of aromatic nitrogens is 2. The van der Waals surface area contributed by atoms with Crippen LogP contribution in [0, 0.1) is 0 Å². The molecule has 1 amide bonds. The molecule has 0 unspecified atom stereocenters. The Morgan fingerprint density at radius 3 is 2.72 bits per heavy atom. The summed E-state index contributed by atoms with van der Waals surface area (Å²) in [5.41, 5.74) is 8.11. The smallest absolute Gasteiger partial charge is 0.356 e. The van der Waals surface area contributed by atoms with Gasteiger partial charge in [0, 0.05) is 11.8 Å². The van der Waals surface area contributed by atoms with E-state index in [0.29, 0.717) is 28.2 Å². The van der Waals surface area contributed by atoms with Crippen molar-refractivity contribution in [3.8, 4) is 5.75 Å². The molecule has 1 aliphatic rings. The molecule has 25 heavy (non-hydrogen) atoms. The number of hydrogen-bond donors (Lipinski definition) is 3. The van der Waals surface area contributed by atoms with Gasteiger partial charge in [0.1, 0.15) is 5.75 Å². The zero-order valence-corrected chi connectivity index (χ0v) is 13.0. The third-order valence-corrected chi connectivity index (χ3v) is 3.31. The summed E-state index contributed by atoms with van der Waals surface area (Å²) in [6.07, 6.45) is 1.25. The second-order valence-corrected chi connectivity index (χ2v) is 5.14. The standard InChI is InChI=1S/C9H6N2O2.C8H8N2O2/c12-9(13)8-5-10-6-3-1-2-4-7(6)11-8;9-5-1-2-6-7(3-5)12-4-8(11)10-6/h1-5H,(H,12,13);1-3H,4,9H2,(H,10,11). The molecule has 0 radical (unpaired) electrons. The number of hydrogen-bond acceptors (Lipinski definition) is 6. The van der Waals surface area contributed by atoms with Crippen LogP contribution < -0.4 is 15.8 Å². The number of ether oxygens (including phenoxy) is 1. The Hall–Kier alpha value is -3.68. The minimum absolute atomic E-state index is 0.0290. The summed E-state index contributed by atoms with van der Waals surface area (Å²) in [6, 6.07) is 12.3. The van der Waals surface area contributed by atoms with Crippen molar-refractivity contribution < 1.29 is 19.4 Å². The van der Waals surface area contributed by atoms with Crippen molar-refractivity contribution in [3.63, 3.8) is 0 Å². The van der Waals surface area contributed by atoms with Crippen molar-refractivity contribution in [1.29, 1.82) is 0 Å². The van der Waals surface area contributed by atoms with Crippen LogP contribution in [0.1, 0.15) is 10.5 Å². The van der Waals surface area contributed by atoms with Crippen LogP contribution in [0.5, 0.6) is 5.75 Å². The molecule has 0 saturated heterocycles. The van der Waals surface area contributed by atoms with E-state index < -0.39 is 5.97 Å². The topological polar surface area (TPSA) is 127 Å². The number of carbonyl (C=O) groups is 2. The lowest BCUT2D eigenvalue weighted by Gasteiger charge is -2.17. The summed E-state index contributed by atoms with van der Waals surface area (Å²) in [7, 11) is 0. The van der Waals surface area contributed by atoms with Crippen molar-refractivity contribution in [2.75, 3.05) is 17.7 Å². The maximum Gasteiger partial charge on any atom is 0.356 e. The Morgan fingerprint density at radius 2 is 1.96 bits per heavy atom. The van der Waals surface area contributed by atoms with Crippen LogP contribution in [0.2, 0.25) is 0 Å². The molecule has 1 aromatic heterocycles. The first-order chi connectivity index (χ1) is 12.0. The predicted octanol–water partition coefficient (Wildman–Crippen LogP) is 1.93. The van der Waals surface area contributed by atoms with E-state index in [1.54, 1.807) is 36.4 Å². The molecule has 8 heteroatoms. The molecule has 0 atom stereocenters. The Morgan fingerprint density at radius 1 is 1.20 bits per heavy atom. The molecule has 2 aromatic carbocycles. The third kappa shape index (κ3) is 3.81. The number of aromatic carboxylic acids is 1. The van der Waals surface area contributed by atoms with E-state index >= 15 is 0 Å². The predicted molar refractivity (Wildman–Crippen MR) is 91.5 cm³/mol. The molecule has 1 aliphatic heterocycles. The monoisotopic (exact) mass is 338 g/mol. The summed E-state index contributed by atoms with van der Waals surface area (Å²) in [5.74, 6) is -0.555. The minimum Gasteiger partial charge on any atom is -0.482 e. The quantitative estimate of drug-likeness (QED) is 0.578. The molecule has 0 spiro atoms. The summed E-state index contributed by atoms with van der Waals surface area (Å²) in [5, 5.41) is 11.3. The average molecular weight is 338 g/mol. The normalized spacial score (nSPS) is 12.2. The maximum absolute atomic E-state index is 10.8. The number of nitrogens with two attached hydrogens (primary N) is 1. The van der Waals surface area contributed by atoms with E-state index in [2.05, 4.69) is 15.3 Å². The molecule has 0 saturated carbocycles. The molecule has 126 valence electrons. The van der Waals surface area contributed by atoms with Gasteiger partial charge < -0.3 is 20.9 Å². The van der Waals surface area contributed by atoms with Gasteiger partial charge in [-0.2, -0.15) is 0 Å². The highest BCUT2D eigenvalue weighted by Crippen LogP contribution is 2.29. The number of anilines is 2. The van der Waals surface area contributed by atoms with Crippen LogP contribution in [0.15, 0.2) is 48.7 Å². The van der Waals surface area contributed by atoms with E-state index in [9.17, 15) is 9.59 Å². The van der Waals surface area contributed by atoms with Gasteiger partial charge in [0.05, 0.1) is 22.9 Å². The number of carbonyl (C=O) groups excluding carboxylic acids is 1. The van der Waals surface area contributed by atoms with Gasteiger partial charge in [0.2, 0.25) is 0 Å². The van der Waals surface area contributed by atoms with Crippen molar-refractivity contribution in [1.82, 2.24) is 9.97 Å². The highest BCUT2D eigenvalue weighted by atomic mass is 16.5. The molecule has 4 rings (SSSR count). The number of amides is 1. The minimum atomic E-state index is -1.06. The number of nitrogens with zero attached hydrogens (tertiary/aromatic N) is 2. The van der Waals surface area contributed by atoms with Crippen LogP contribution in [0.25, 0.3) is 11.0 Å². The number of carboxylic acids is 1. The molecular weight excluding hydrogens is 324 g/mol. The number of nitrogens with one attached hydrogen (secondary N) is 1. The van der Waals surface area contributed by atoms with Crippen molar-refractivity contribution in [2.45, 2.75) is 0 Å². The number of benzene rings is 2. The van der Waals surface area contributed by atoms with Gasteiger partial charge in [-0.05, 0) is 24.3 Å². The first-order valence-corrected chi connectivity index (χ1v) is 7.30. The summed E-state index contributed by atoms with van der Waals surface area (Å²) >= 11 is 0. The van der Waals surface area contributed by atoms with Crippen LogP contribution in [0.4, 0.5) is 11.4 Å². The highest BCUT2D eigenvalue weighted by molar-refractivity contribution is 5.95. The average Bonchev–Trinajstić information content (AvgIpc) is 2.62. The first-order valence-electron chi connectivity index (χ1n) is 7.30.